The fourth-order valence-corrected chi connectivity index (χ4v) is 7.16. The van der Waals surface area contributed by atoms with Crippen LogP contribution in [0.3, 0.4) is 0 Å². The van der Waals surface area contributed by atoms with Crippen LogP contribution in [0.5, 0.6) is 0 Å². The van der Waals surface area contributed by atoms with Gasteiger partial charge in [-0.3, -0.25) is 4.79 Å². The summed E-state index contributed by atoms with van der Waals surface area (Å²) in [7, 11) is -7.03. The highest BCUT2D eigenvalue weighted by atomic mass is 32.2. The Morgan fingerprint density at radius 3 is 2.08 bits per heavy atom. The molecule has 196 valence electrons. The molecule has 0 unspecified atom stereocenters. The Labute approximate surface area is 212 Å². The van der Waals surface area contributed by atoms with E-state index in [0.717, 1.165) is 5.69 Å². The lowest BCUT2D eigenvalue weighted by molar-refractivity contribution is 0.0730. The summed E-state index contributed by atoms with van der Waals surface area (Å²) >= 11 is 0. The van der Waals surface area contributed by atoms with Crippen molar-refractivity contribution >= 4 is 31.6 Å². The highest BCUT2D eigenvalue weighted by Gasteiger charge is 2.27. The SMILES string of the molecule is O=C(NCCCS(=O)(=O)N1CCN(c2ccccc2)CC1)c1ccc(S(=O)(=O)N2CCOCC2)cc1. The van der Waals surface area contributed by atoms with Gasteiger partial charge in [0.1, 0.15) is 0 Å². The quantitative estimate of drug-likeness (QED) is 0.475. The summed E-state index contributed by atoms with van der Waals surface area (Å²) in [6, 6.07) is 15.7. The maximum absolute atomic E-state index is 12.7. The van der Waals surface area contributed by atoms with Crippen LogP contribution in [0.15, 0.2) is 59.5 Å². The molecule has 2 aliphatic heterocycles. The Morgan fingerprint density at radius 1 is 0.806 bits per heavy atom. The molecule has 0 spiro atoms. The summed E-state index contributed by atoms with van der Waals surface area (Å²) in [4.78, 5) is 14.7. The molecule has 0 bridgehead atoms. The Hall–Kier alpha value is -2.51. The number of carbonyl (C=O) groups is 1. The second kappa shape index (κ2) is 11.7. The number of benzene rings is 2. The molecule has 0 atom stereocenters. The van der Waals surface area contributed by atoms with E-state index in [9.17, 15) is 21.6 Å². The van der Waals surface area contributed by atoms with Gasteiger partial charge in [0.15, 0.2) is 0 Å². The number of ether oxygens (including phenoxy) is 1. The number of nitrogens with zero attached hydrogens (tertiary/aromatic N) is 3. The van der Waals surface area contributed by atoms with E-state index in [1.165, 1.54) is 32.9 Å². The number of nitrogens with one attached hydrogen (secondary N) is 1. The van der Waals surface area contributed by atoms with Gasteiger partial charge in [-0.2, -0.15) is 8.61 Å². The molecular weight excluding hydrogens is 504 g/mol. The molecule has 2 aromatic rings. The zero-order valence-corrected chi connectivity index (χ0v) is 21.7. The van der Waals surface area contributed by atoms with Crippen molar-refractivity contribution < 1.29 is 26.4 Å². The maximum atomic E-state index is 12.7. The summed E-state index contributed by atoms with van der Waals surface area (Å²) in [5, 5.41) is 2.72. The van der Waals surface area contributed by atoms with Crippen molar-refractivity contribution in [1.29, 1.82) is 0 Å². The number of para-hydroxylation sites is 1. The lowest BCUT2D eigenvalue weighted by Crippen LogP contribution is -2.49. The fraction of sp³-hybridized carbons (Fsp3) is 0.458. The topological polar surface area (TPSA) is 116 Å². The van der Waals surface area contributed by atoms with E-state index in [0.29, 0.717) is 58.0 Å². The number of morpholine rings is 1. The molecule has 4 rings (SSSR count). The molecule has 2 saturated heterocycles. The third-order valence-corrected chi connectivity index (χ3v) is 10.2. The zero-order valence-electron chi connectivity index (χ0n) is 20.1. The van der Waals surface area contributed by atoms with Crippen LogP contribution < -0.4 is 10.2 Å². The second-order valence-electron chi connectivity index (χ2n) is 8.69. The largest absolute Gasteiger partial charge is 0.379 e. The monoisotopic (exact) mass is 536 g/mol. The molecule has 1 amide bonds. The Balaban J connectivity index is 1.22. The molecule has 10 nitrogen and oxygen atoms in total. The van der Waals surface area contributed by atoms with E-state index in [2.05, 4.69) is 10.2 Å². The van der Waals surface area contributed by atoms with E-state index in [1.807, 2.05) is 30.3 Å². The van der Waals surface area contributed by atoms with Crippen LogP contribution in [0.2, 0.25) is 0 Å². The van der Waals surface area contributed by atoms with E-state index in [-0.39, 0.29) is 29.5 Å². The van der Waals surface area contributed by atoms with Crippen LogP contribution in [0.25, 0.3) is 0 Å². The molecule has 0 saturated carbocycles. The van der Waals surface area contributed by atoms with Crippen molar-refractivity contribution in [2.75, 3.05) is 69.7 Å². The van der Waals surface area contributed by atoms with Crippen LogP contribution in [0.4, 0.5) is 5.69 Å². The molecule has 0 aromatic heterocycles. The first-order chi connectivity index (χ1) is 17.3. The predicted molar refractivity (Wildman–Crippen MR) is 137 cm³/mol. The van der Waals surface area contributed by atoms with Crippen LogP contribution in [0.1, 0.15) is 16.8 Å². The number of carbonyl (C=O) groups excluding carboxylic acids is 1. The molecule has 0 radical (unpaired) electrons. The third kappa shape index (κ3) is 6.43. The average Bonchev–Trinajstić information content (AvgIpc) is 2.92. The van der Waals surface area contributed by atoms with E-state index in [1.54, 1.807) is 0 Å². The van der Waals surface area contributed by atoms with Gasteiger partial charge in [-0.15, -0.1) is 0 Å². The molecule has 2 aliphatic rings. The smallest absolute Gasteiger partial charge is 0.251 e. The first-order valence-electron chi connectivity index (χ1n) is 12.0. The van der Waals surface area contributed by atoms with Gasteiger partial charge >= 0.3 is 0 Å². The maximum Gasteiger partial charge on any atom is 0.251 e. The Bertz CT molecular complexity index is 1220. The molecule has 36 heavy (non-hydrogen) atoms. The summed E-state index contributed by atoms with van der Waals surface area (Å²) < 4.78 is 59.0. The standard InChI is InChI=1S/C24H32N4O6S2/c29-24(21-7-9-23(10-8-21)36(32,33)28-16-18-34-19-17-28)25-11-4-20-35(30,31)27-14-12-26(13-15-27)22-5-2-1-3-6-22/h1-3,5-10H,4,11-20H2,(H,25,29). The lowest BCUT2D eigenvalue weighted by Gasteiger charge is -2.35. The highest BCUT2D eigenvalue weighted by Crippen LogP contribution is 2.19. The number of hydrogen-bond acceptors (Lipinski definition) is 7. The second-order valence-corrected chi connectivity index (χ2v) is 12.7. The van der Waals surface area contributed by atoms with Crippen molar-refractivity contribution in [2.45, 2.75) is 11.3 Å². The minimum atomic E-state index is -3.62. The summed E-state index contributed by atoms with van der Waals surface area (Å²) in [5.74, 6) is -0.422. The van der Waals surface area contributed by atoms with Gasteiger partial charge in [0, 0.05) is 57.1 Å². The summed E-state index contributed by atoms with van der Waals surface area (Å²) in [6.07, 6.45) is 0.288. The molecule has 1 N–H and O–H groups in total. The van der Waals surface area contributed by atoms with E-state index >= 15 is 0 Å². The van der Waals surface area contributed by atoms with Crippen molar-refractivity contribution in [1.82, 2.24) is 13.9 Å². The normalized spacial score (nSPS) is 18.2. The molecule has 0 aliphatic carbocycles. The minimum Gasteiger partial charge on any atom is -0.379 e. The molecule has 12 heteroatoms. The number of piperazine rings is 1. The van der Waals surface area contributed by atoms with Crippen LogP contribution in [0, 0.1) is 0 Å². The van der Waals surface area contributed by atoms with Gasteiger partial charge in [0.25, 0.3) is 5.91 Å². The zero-order chi connectivity index (χ0) is 25.6. The summed E-state index contributed by atoms with van der Waals surface area (Å²) in [6.45, 7) is 3.67. The van der Waals surface area contributed by atoms with Gasteiger partial charge in [0.05, 0.1) is 23.9 Å². The number of sulfonamides is 2. The van der Waals surface area contributed by atoms with Crippen LogP contribution >= 0.6 is 0 Å². The average molecular weight is 537 g/mol. The van der Waals surface area contributed by atoms with Crippen LogP contribution in [-0.2, 0) is 24.8 Å². The molecular formula is C24H32N4O6S2. The Kier molecular flexibility index (Phi) is 8.62. The first kappa shape index (κ1) is 26.6. The van der Waals surface area contributed by atoms with Crippen LogP contribution in [-0.4, -0.2) is 96.1 Å². The molecule has 2 aromatic carbocycles. The van der Waals surface area contributed by atoms with E-state index in [4.69, 9.17) is 4.74 Å². The van der Waals surface area contributed by atoms with Gasteiger partial charge in [-0.05, 0) is 42.8 Å². The highest BCUT2D eigenvalue weighted by molar-refractivity contribution is 7.89. The van der Waals surface area contributed by atoms with Gasteiger partial charge in [0.2, 0.25) is 20.0 Å². The van der Waals surface area contributed by atoms with Gasteiger partial charge in [-0.25, -0.2) is 16.8 Å². The van der Waals surface area contributed by atoms with Crippen molar-refractivity contribution in [3.63, 3.8) is 0 Å². The molecule has 2 heterocycles. The number of amides is 1. The van der Waals surface area contributed by atoms with Crippen molar-refractivity contribution in [3.05, 3.63) is 60.2 Å². The van der Waals surface area contributed by atoms with Gasteiger partial charge in [-0.1, -0.05) is 18.2 Å². The van der Waals surface area contributed by atoms with Crippen molar-refractivity contribution in [2.24, 2.45) is 0 Å². The number of anilines is 1. The number of hydrogen-bond donors (Lipinski definition) is 1. The summed E-state index contributed by atoms with van der Waals surface area (Å²) in [5.41, 5.74) is 1.40. The number of rotatable bonds is 9. The van der Waals surface area contributed by atoms with E-state index < -0.39 is 20.0 Å². The third-order valence-electron chi connectivity index (χ3n) is 6.34. The first-order valence-corrected chi connectivity index (χ1v) is 15.1. The fourth-order valence-electron chi connectivity index (χ4n) is 4.27. The lowest BCUT2D eigenvalue weighted by atomic mass is 10.2. The van der Waals surface area contributed by atoms with Crippen molar-refractivity contribution in [3.8, 4) is 0 Å². The predicted octanol–water partition coefficient (Wildman–Crippen LogP) is 0.979. The minimum absolute atomic E-state index is 0.0463. The Morgan fingerprint density at radius 2 is 1.44 bits per heavy atom. The molecule has 2 fully saturated rings. The van der Waals surface area contributed by atoms with Gasteiger partial charge < -0.3 is 15.0 Å².